The predicted molar refractivity (Wildman–Crippen MR) is 46.6 cm³/mol. The third kappa shape index (κ3) is 1.58. The molecular formula is C8H12N2O5. The molecule has 2 rings (SSSR count). The number of aliphatic hydroxyl groups excluding tert-OH is 1. The molecule has 2 fully saturated rings. The highest BCUT2D eigenvalue weighted by Gasteiger charge is 2.48. The number of carbonyl (C=O) groups excluding carboxylic acids is 1. The van der Waals surface area contributed by atoms with Crippen LogP contribution in [0.4, 0.5) is 0 Å². The fraction of sp³-hybridized carbons (Fsp3) is 0.750. The summed E-state index contributed by atoms with van der Waals surface area (Å²) in [4.78, 5) is 23.0. The second kappa shape index (κ2) is 3.44. The molecule has 0 aliphatic carbocycles. The summed E-state index contributed by atoms with van der Waals surface area (Å²) in [5, 5.41) is 18.2. The van der Waals surface area contributed by atoms with Crippen LogP contribution in [-0.4, -0.2) is 58.0 Å². The van der Waals surface area contributed by atoms with Gasteiger partial charge in [0.05, 0.1) is 13.0 Å². The Labute approximate surface area is 85.4 Å². The minimum absolute atomic E-state index is 0.0430. The standard InChI is InChI=1S/C8H12N2O5/c9-6(8(13)14)7(12)3-2-10-4(11)1-5(10)15-3/h3,5-7,12H,1-2,9H2,(H,13,14)/t3-,5+,6+,7-/m1/s1. The molecule has 7 nitrogen and oxygen atoms in total. The van der Waals surface area contributed by atoms with Gasteiger partial charge in [0, 0.05) is 0 Å². The van der Waals surface area contributed by atoms with Crippen LogP contribution in [0.25, 0.3) is 0 Å². The Hall–Kier alpha value is -1.18. The number of carboxylic acid groups (broad SMARTS) is 1. The molecule has 4 N–H and O–H groups in total. The van der Waals surface area contributed by atoms with Gasteiger partial charge in [-0.15, -0.1) is 0 Å². The second-order valence-electron chi connectivity index (χ2n) is 3.73. The van der Waals surface area contributed by atoms with E-state index in [2.05, 4.69) is 0 Å². The van der Waals surface area contributed by atoms with Gasteiger partial charge in [-0.05, 0) is 0 Å². The number of hydrogen-bond donors (Lipinski definition) is 3. The molecule has 4 atom stereocenters. The summed E-state index contributed by atoms with van der Waals surface area (Å²) < 4.78 is 5.28. The van der Waals surface area contributed by atoms with Gasteiger partial charge in [0.15, 0.2) is 0 Å². The number of amides is 1. The van der Waals surface area contributed by atoms with Crippen molar-refractivity contribution in [1.29, 1.82) is 0 Å². The van der Waals surface area contributed by atoms with Crippen molar-refractivity contribution in [3.05, 3.63) is 0 Å². The summed E-state index contributed by atoms with van der Waals surface area (Å²) in [7, 11) is 0. The highest BCUT2D eigenvalue weighted by molar-refractivity contribution is 5.83. The minimum Gasteiger partial charge on any atom is -0.480 e. The summed E-state index contributed by atoms with van der Waals surface area (Å²) >= 11 is 0. The number of carbonyl (C=O) groups is 2. The molecule has 15 heavy (non-hydrogen) atoms. The second-order valence-corrected chi connectivity index (χ2v) is 3.73. The molecule has 0 bridgehead atoms. The Morgan fingerprint density at radius 1 is 1.67 bits per heavy atom. The summed E-state index contributed by atoms with van der Waals surface area (Å²) in [6.07, 6.45) is -2.00. The van der Waals surface area contributed by atoms with E-state index in [0.717, 1.165) is 0 Å². The average molecular weight is 216 g/mol. The Morgan fingerprint density at radius 3 is 2.80 bits per heavy atom. The van der Waals surface area contributed by atoms with E-state index in [0.29, 0.717) is 6.42 Å². The van der Waals surface area contributed by atoms with Gasteiger partial charge < -0.3 is 25.6 Å². The molecule has 0 aromatic heterocycles. The van der Waals surface area contributed by atoms with E-state index in [1.807, 2.05) is 0 Å². The maximum absolute atomic E-state index is 11.0. The number of nitrogens with zero attached hydrogens (tertiary/aromatic N) is 1. The Kier molecular flexibility index (Phi) is 2.37. The molecule has 2 aliphatic rings. The smallest absolute Gasteiger partial charge is 0.323 e. The summed E-state index contributed by atoms with van der Waals surface area (Å²) in [5.74, 6) is -1.33. The SMILES string of the molecule is N[C@H](C(=O)O)[C@H](O)[C@H]1CN2C(=O)C[C@@H]2O1. The first-order valence-corrected chi connectivity index (χ1v) is 4.62. The van der Waals surface area contributed by atoms with Gasteiger partial charge in [-0.25, -0.2) is 0 Å². The number of aliphatic hydroxyl groups is 1. The van der Waals surface area contributed by atoms with Crippen LogP contribution in [0.3, 0.4) is 0 Å². The predicted octanol–water partition coefficient (Wildman–Crippen LogP) is -2.28. The molecule has 0 radical (unpaired) electrons. The van der Waals surface area contributed by atoms with Crippen LogP contribution in [0.15, 0.2) is 0 Å². The number of nitrogens with two attached hydrogens (primary N) is 1. The molecule has 0 spiro atoms. The molecular weight excluding hydrogens is 204 g/mol. The van der Waals surface area contributed by atoms with Gasteiger partial charge >= 0.3 is 5.97 Å². The van der Waals surface area contributed by atoms with Crippen molar-refractivity contribution in [3.63, 3.8) is 0 Å². The van der Waals surface area contributed by atoms with Crippen LogP contribution < -0.4 is 5.73 Å². The molecule has 84 valence electrons. The lowest BCUT2D eigenvalue weighted by atomic mass is 10.1. The summed E-state index contributed by atoms with van der Waals surface area (Å²) in [5.41, 5.74) is 5.25. The van der Waals surface area contributed by atoms with Crippen LogP contribution in [0.5, 0.6) is 0 Å². The monoisotopic (exact) mass is 216 g/mol. The molecule has 0 unspecified atom stereocenters. The summed E-state index contributed by atoms with van der Waals surface area (Å²) in [6, 6.07) is -1.39. The highest BCUT2D eigenvalue weighted by atomic mass is 16.5. The lowest BCUT2D eigenvalue weighted by Gasteiger charge is -2.31. The quantitative estimate of drug-likeness (QED) is 0.458. The normalized spacial score (nSPS) is 33.2. The van der Waals surface area contributed by atoms with Crippen molar-refractivity contribution in [2.24, 2.45) is 5.73 Å². The molecule has 2 aliphatic heterocycles. The van der Waals surface area contributed by atoms with E-state index in [4.69, 9.17) is 15.6 Å². The van der Waals surface area contributed by atoms with Crippen molar-refractivity contribution in [1.82, 2.24) is 4.90 Å². The van der Waals surface area contributed by atoms with Gasteiger partial charge in [0.2, 0.25) is 5.91 Å². The first kappa shape index (κ1) is 10.3. The van der Waals surface area contributed by atoms with Crippen LogP contribution in [0.1, 0.15) is 6.42 Å². The fourth-order valence-electron chi connectivity index (χ4n) is 1.77. The number of fused-ring (bicyclic) bond motifs is 1. The number of rotatable bonds is 3. The Balaban J connectivity index is 1.96. The molecule has 0 saturated carbocycles. The van der Waals surface area contributed by atoms with Gasteiger partial charge in [-0.2, -0.15) is 0 Å². The van der Waals surface area contributed by atoms with E-state index >= 15 is 0 Å². The van der Waals surface area contributed by atoms with Gasteiger partial charge in [0.1, 0.15) is 24.5 Å². The number of ether oxygens (including phenoxy) is 1. The average Bonchev–Trinajstić information content (AvgIpc) is 2.53. The van der Waals surface area contributed by atoms with Crippen molar-refractivity contribution >= 4 is 11.9 Å². The van der Waals surface area contributed by atoms with Crippen molar-refractivity contribution < 1.29 is 24.5 Å². The van der Waals surface area contributed by atoms with Crippen LogP contribution >= 0.6 is 0 Å². The summed E-state index contributed by atoms with van der Waals surface area (Å²) in [6.45, 7) is 0.214. The number of aliphatic carboxylic acids is 1. The Morgan fingerprint density at radius 2 is 2.33 bits per heavy atom. The zero-order valence-electron chi connectivity index (χ0n) is 7.87. The van der Waals surface area contributed by atoms with Gasteiger partial charge in [-0.3, -0.25) is 9.59 Å². The minimum atomic E-state index is -1.39. The van der Waals surface area contributed by atoms with Gasteiger partial charge in [0.25, 0.3) is 0 Å². The topological polar surface area (TPSA) is 113 Å². The molecule has 7 heteroatoms. The van der Waals surface area contributed by atoms with Crippen LogP contribution in [0.2, 0.25) is 0 Å². The first-order chi connectivity index (χ1) is 7.00. The highest BCUT2D eigenvalue weighted by Crippen LogP contribution is 2.30. The molecule has 2 saturated heterocycles. The van der Waals surface area contributed by atoms with Gasteiger partial charge in [-0.1, -0.05) is 0 Å². The molecule has 0 aromatic rings. The maximum Gasteiger partial charge on any atom is 0.323 e. The molecule has 0 aromatic carbocycles. The number of hydrogen-bond acceptors (Lipinski definition) is 5. The van der Waals surface area contributed by atoms with E-state index in [-0.39, 0.29) is 18.7 Å². The largest absolute Gasteiger partial charge is 0.480 e. The molecule has 1 amide bonds. The van der Waals surface area contributed by atoms with Crippen molar-refractivity contribution in [2.45, 2.75) is 30.9 Å². The number of carboxylic acids is 1. The molecule has 2 heterocycles. The van der Waals surface area contributed by atoms with Crippen molar-refractivity contribution in [3.8, 4) is 0 Å². The van der Waals surface area contributed by atoms with Crippen molar-refractivity contribution in [2.75, 3.05) is 6.54 Å². The Bertz CT molecular complexity index is 307. The zero-order chi connectivity index (χ0) is 11.2. The lowest BCUT2D eigenvalue weighted by molar-refractivity contribution is -0.160. The fourth-order valence-corrected chi connectivity index (χ4v) is 1.77. The van der Waals surface area contributed by atoms with E-state index in [1.165, 1.54) is 4.90 Å². The van der Waals surface area contributed by atoms with E-state index in [9.17, 15) is 14.7 Å². The van der Waals surface area contributed by atoms with E-state index in [1.54, 1.807) is 0 Å². The van der Waals surface area contributed by atoms with E-state index < -0.39 is 24.2 Å². The third-order valence-corrected chi connectivity index (χ3v) is 2.76. The number of β-lactam (4-membered cyclic amide) rings is 1. The maximum atomic E-state index is 11.0. The lowest BCUT2D eigenvalue weighted by Crippen LogP contribution is -2.50. The van der Waals surface area contributed by atoms with Crippen LogP contribution in [0, 0.1) is 0 Å². The van der Waals surface area contributed by atoms with Crippen LogP contribution in [-0.2, 0) is 14.3 Å². The first-order valence-electron chi connectivity index (χ1n) is 4.62. The third-order valence-electron chi connectivity index (χ3n) is 2.76. The zero-order valence-corrected chi connectivity index (χ0v) is 7.87.